The van der Waals surface area contributed by atoms with Crippen molar-refractivity contribution in [2.75, 3.05) is 24.5 Å². The van der Waals surface area contributed by atoms with Crippen LogP contribution in [0.3, 0.4) is 0 Å². The lowest BCUT2D eigenvalue weighted by atomic mass is 9.98. The third-order valence-corrected chi connectivity index (χ3v) is 7.95. The van der Waals surface area contributed by atoms with Crippen molar-refractivity contribution in [3.63, 3.8) is 0 Å². The number of rotatable bonds is 4. The Hall–Kier alpha value is -1.41. The first-order valence-electron chi connectivity index (χ1n) is 8.33. The molecule has 0 spiro atoms. The van der Waals surface area contributed by atoms with Crippen molar-refractivity contribution in [3.8, 4) is 0 Å². The average Bonchev–Trinajstić information content (AvgIpc) is 3.09. The molecular weight excluding hydrogens is 356 g/mol. The fourth-order valence-electron chi connectivity index (χ4n) is 3.14. The Kier molecular flexibility index (Phi) is 4.94. The standard InChI is InChI=1S/C18H24N2O3S2/c1-14-13-19(16-8-6-15(7-9-16)18(2,3)21)10-11-20(14)25(22,23)17-5-4-12-24-17/h4-9,12,14,21H,10-11,13H2,1-3H3/t14-/m0/s1. The molecule has 0 unspecified atom stereocenters. The second-order valence-electron chi connectivity index (χ2n) is 6.95. The van der Waals surface area contributed by atoms with Gasteiger partial charge in [-0.1, -0.05) is 18.2 Å². The van der Waals surface area contributed by atoms with Gasteiger partial charge in [0, 0.05) is 31.4 Å². The first kappa shape index (κ1) is 18.4. The minimum Gasteiger partial charge on any atom is -0.386 e. The van der Waals surface area contributed by atoms with E-state index in [0.29, 0.717) is 23.8 Å². The zero-order chi connectivity index (χ0) is 18.2. The molecule has 2 heterocycles. The van der Waals surface area contributed by atoms with Crippen LogP contribution in [-0.4, -0.2) is 43.5 Å². The van der Waals surface area contributed by atoms with E-state index in [2.05, 4.69) is 4.90 Å². The highest BCUT2D eigenvalue weighted by Gasteiger charge is 2.34. The molecule has 0 saturated carbocycles. The number of aliphatic hydroxyl groups is 1. The highest BCUT2D eigenvalue weighted by Crippen LogP contribution is 2.28. The minimum atomic E-state index is -3.41. The second-order valence-corrected chi connectivity index (χ2v) is 10.0. The van der Waals surface area contributed by atoms with Crippen molar-refractivity contribution in [1.82, 2.24) is 4.31 Å². The zero-order valence-corrected chi connectivity index (χ0v) is 16.3. The normalized spacial score (nSPS) is 20.0. The van der Waals surface area contributed by atoms with Crippen LogP contribution in [0.25, 0.3) is 0 Å². The Morgan fingerprint density at radius 2 is 1.84 bits per heavy atom. The van der Waals surface area contributed by atoms with Crippen LogP contribution in [-0.2, 0) is 15.6 Å². The Labute approximate surface area is 153 Å². The summed E-state index contributed by atoms with van der Waals surface area (Å²) in [6.07, 6.45) is 0. The number of nitrogens with zero attached hydrogens (tertiary/aromatic N) is 2. The predicted octanol–water partition coefficient (Wildman–Crippen LogP) is 2.87. The topological polar surface area (TPSA) is 60.9 Å². The van der Waals surface area contributed by atoms with E-state index in [-0.39, 0.29) is 6.04 Å². The summed E-state index contributed by atoms with van der Waals surface area (Å²) in [4.78, 5) is 2.19. The van der Waals surface area contributed by atoms with Gasteiger partial charge in [-0.25, -0.2) is 8.42 Å². The summed E-state index contributed by atoms with van der Waals surface area (Å²) >= 11 is 1.26. The van der Waals surface area contributed by atoms with Crippen LogP contribution in [0.15, 0.2) is 46.0 Å². The van der Waals surface area contributed by atoms with Gasteiger partial charge in [-0.3, -0.25) is 0 Å². The number of benzene rings is 1. The molecule has 1 aromatic heterocycles. The summed E-state index contributed by atoms with van der Waals surface area (Å²) in [6.45, 7) is 7.23. The number of hydrogen-bond donors (Lipinski definition) is 1. The molecule has 25 heavy (non-hydrogen) atoms. The highest BCUT2D eigenvalue weighted by atomic mass is 32.2. The molecule has 0 amide bonds. The molecule has 2 aromatic rings. The van der Waals surface area contributed by atoms with E-state index in [1.165, 1.54) is 11.3 Å². The number of sulfonamides is 1. The maximum Gasteiger partial charge on any atom is 0.252 e. The van der Waals surface area contributed by atoms with Crippen molar-refractivity contribution in [2.45, 2.75) is 36.6 Å². The van der Waals surface area contributed by atoms with Gasteiger partial charge in [-0.05, 0) is 49.9 Å². The van der Waals surface area contributed by atoms with E-state index in [1.54, 1.807) is 35.7 Å². The molecule has 0 radical (unpaired) electrons. The number of hydrogen-bond acceptors (Lipinski definition) is 5. The highest BCUT2D eigenvalue weighted by molar-refractivity contribution is 7.91. The lowest BCUT2D eigenvalue weighted by molar-refractivity contribution is 0.0786. The van der Waals surface area contributed by atoms with Gasteiger partial charge in [0.15, 0.2) is 0 Å². The quantitative estimate of drug-likeness (QED) is 0.886. The minimum absolute atomic E-state index is 0.102. The molecule has 5 nitrogen and oxygen atoms in total. The van der Waals surface area contributed by atoms with Crippen molar-refractivity contribution >= 4 is 27.0 Å². The van der Waals surface area contributed by atoms with Crippen LogP contribution in [0.5, 0.6) is 0 Å². The largest absolute Gasteiger partial charge is 0.386 e. The molecule has 3 rings (SSSR count). The molecule has 1 aliphatic heterocycles. The Balaban J connectivity index is 1.74. The summed E-state index contributed by atoms with van der Waals surface area (Å²) in [5.41, 5.74) is 1.05. The van der Waals surface area contributed by atoms with E-state index >= 15 is 0 Å². The van der Waals surface area contributed by atoms with Gasteiger partial charge in [0.2, 0.25) is 0 Å². The molecular formula is C18H24N2O3S2. The summed E-state index contributed by atoms with van der Waals surface area (Å²) < 4.78 is 27.5. The first-order chi connectivity index (χ1) is 11.7. The fraction of sp³-hybridized carbons (Fsp3) is 0.444. The van der Waals surface area contributed by atoms with Crippen LogP contribution in [0.2, 0.25) is 0 Å². The van der Waals surface area contributed by atoms with Crippen molar-refractivity contribution in [2.24, 2.45) is 0 Å². The van der Waals surface area contributed by atoms with Gasteiger partial charge in [-0.15, -0.1) is 11.3 Å². The Morgan fingerprint density at radius 1 is 1.16 bits per heavy atom. The van der Waals surface area contributed by atoms with E-state index in [4.69, 9.17) is 0 Å². The van der Waals surface area contributed by atoms with Gasteiger partial charge in [0.05, 0.1) is 5.60 Å². The van der Waals surface area contributed by atoms with Crippen LogP contribution in [0, 0.1) is 0 Å². The maximum atomic E-state index is 12.7. The Bertz CT molecular complexity index is 809. The van der Waals surface area contributed by atoms with E-state index < -0.39 is 15.6 Å². The molecule has 1 aromatic carbocycles. The monoisotopic (exact) mass is 380 g/mol. The van der Waals surface area contributed by atoms with Gasteiger partial charge in [0.25, 0.3) is 10.0 Å². The summed E-state index contributed by atoms with van der Waals surface area (Å²) in [6, 6.07) is 11.2. The maximum absolute atomic E-state index is 12.7. The zero-order valence-electron chi connectivity index (χ0n) is 14.7. The van der Waals surface area contributed by atoms with Crippen LogP contribution in [0.1, 0.15) is 26.3 Å². The van der Waals surface area contributed by atoms with Crippen LogP contribution in [0.4, 0.5) is 5.69 Å². The van der Waals surface area contributed by atoms with E-state index in [1.807, 2.05) is 31.2 Å². The second kappa shape index (κ2) is 6.72. The van der Waals surface area contributed by atoms with Gasteiger partial charge >= 0.3 is 0 Å². The lowest BCUT2D eigenvalue weighted by Crippen LogP contribution is -2.53. The number of anilines is 1. The van der Waals surface area contributed by atoms with Crippen LogP contribution < -0.4 is 4.90 Å². The number of thiophene rings is 1. The SMILES string of the molecule is C[C@H]1CN(c2ccc(C(C)(C)O)cc2)CCN1S(=O)(=O)c1cccs1. The van der Waals surface area contributed by atoms with Gasteiger partial charge < -0.3 is 10.0 Å². The molecule has 1 saturated heterocycles. The summed E-state index contributed by atoms with van der Waals surface area (Å²) in [5.74, 6) is 0. The molecule has 1 aliphatic rings. The van der Waals surface area contributed by atoms with Gasteiger partial charge in [0.1, 0.15) is 4.21 Å². The van der Waals surface area contributed by atoms with Crippen LogP contribution >= 0.6 is 11.3 Å². The molecule has 0 bridgehead atoms. The average molecular weight is 381 g/mol. The smallest absolute Gasteiger partial charge is 0.252 e. The van der Waals surface area contributed by atoms with Gasteiger partial charge in [-0.2, -0.15) is 4.31 Å². The first-order valence-corrected chi connectivity index (χ1v) is 10.6. The fourth-order valence-corrected chi connectivity index (χ4v) is 5.87. The molecule has 1 fully saturated rings. The van der Waals surface area contributed by atoms with Crippen molar-refractivity contribution in [1.29, 1.82) is 0 Å². The third-order valence-electron chi connectivity index (χ3n) is 4.56. The van der Waals surface area contributed by atoms with Crippen molar-refractivity contribution < 1.29 is 13.5 Å². The summed E-state index contributed by atoms with van der Waals surface area (Å²) in [7, 11) is -3.41. The lowest BCUT2D eigenvalue weighted by Gasteiger charge is -2.40. The number of piperazine rings is 1. The molecule has 0 aliphatic carbocycles. The van der Waals surface area contributed by atoms with E-state index in [0.717, 1.165) is 11.3 Å². The molecule has 136 valence electrons. The third kappa shape index (κ3) is 3.74. The molecule has 1 atom stereocenters. The molecule has 7 heteroatoms. The predicted molar refractivity (Wildman–Crippen MR) is 102 cm³/mol. The Morgan fingerprint density at radius 3 is 2.36 bits per heavy atom. The van der Waals surface area contributed by atoms with E-state index in [9.17, 15) is 13.5 Å². The van der Waals surface area contributed by atoms with Crippen molar-refractivity contribution in [3.05, 3.63) is 47.3 Å². The summed E-state index contributed by atoms with van der Waals surface area (Å²) in [5, 5.41) is 11.9. The molecule has 1 N–H and O–H groups in total.